The van der Waals surface area contributed by atoms with Crippen LogP contribution in [0, 0.1) is 0 Å². The van der Waals surface area contributed by atoms with Gasteiger partial charge in [0.1, 0.15) is 11.6 Å². The van der Waals surface area contributed by atoms with E-state index in [1.54, 1.807) is 13.2 Å². The Hall–Kier alpha value is -2.61. The van der Waals surface area contributed by atoms with Gasteiger partial charge in [0.15, 0.2) is 5.75 Å². The van der Waals surface area contributed by atoms with E-state index in [0.717, 1.165) is 37.4 Å². The lowest BCUT2D eigenvalue weighted by Crippen LogP contribution is -2.41. The molecule has 1 aromatic heterocycles. The molecule has 1 N–H and O–H groups in total. The minimum Gasteiger partial charge on any atom is -0.497 e. The zero-order valence-electron chi connectivity index (χ0n) is 15.3. The topological polar surface area (TPSA) is 55.9 Å². The lowest BCUT2D eigenvalue weighted by Gasteiger charge is -2.35. The molecule has 1 saturated heterocycles. The maximum atomic E-state index is 12.6. The highest BCUT2D eigenvalue weighted by atomic mass is 19.3. The number of ether oxygens (including phenoxy) is 3. The van der Waals surface area contributed by atoms with Gasteiger partial charge < -0.3 is 24.4 Å². The molecule has 3 rings (SSSR count). The van der Waals surface area contributed by atoms with Crippen molar-refractivity contribution in [1.82, 2.24) is 10.3 Å². The van der Waals surface area contributed by atoms with E-state index in [1.165, 1.54) is 13.2 Å². The van der Waals surface area contributed by atoms with Crippen molar-refractivity contribution >= 4 is 11.5 Å². The molecule has 1 fully saturated rings. The number of pyridine rings is 1. The van der Waals surface area contributed by atoms with E-state index in [9.17, 15) is 8.78 Å². The number of hydrogen-bond acceptors (Lipinski definition) is 6. The van der Waals surface area contributed by atoms with Gasteiger partial charge in [-0.1, -0.05) is 0 Å². The summed E-state index contributed by atoms with van der Waals surface area (Å²) in [5.74, 6) is 1.32. The maximum absolute atomic E-state index is 12.6. The highest BCUT2D eigenvalue weighted by Crippen LogP contribution is 2.35. The Morgan fingerprint density at radius 3 is 2.33 bits per heavy atom. The molecule has 1 aliphatic rings. The quantitative estimate of drug-likeness (QED) is 0.794. The van der Waals surface area contributed by atoms with Crippen LogP contribution in [0.2, 0.25) is 0 Å². The molecule has 0 spiro atoms. The molecule has 1 aliphatic heterocycles. The first kappa shape index (κ1) is 19.2. The highest BCUT2D eigenvalue weighted by molar-refractivity contribution is 5.63. The summed E-state index contributed by atoms with van der Waals surface area (Å²) in [6.07, 6.45) is 1.87. The van der Waals surface area contributed by atoms with Gasteiger partial charge in [-0.3, -0.25) is 0 Å². The van der Waals surface area contributed by atoms with Crippen molar-refractivity contribution in [2.75, 3.05) is 32.2 Å². The van der Waals surface area contributed by atoms with Crippen molar-refractivity contribution < 1.29 is 23.0 Å². The standard InChI is InChI=1S/C19H23F2N3O3/c1-25-15-5-3-13(4-6-15)24(14-9-11-22-12-10-14)17-8-7-16(27-19(20)21)18(23-17)26-2/h3-8,14,19,22H,9-12H2,1-2H3. The molecular formula is C19H23F2N3O3. The zero-order chi connectivity index (χ0) is 19.2. The minimum absolute atomic E-state index is 0.0280. The monoisotopic (exact) mass is 379 g/mol. The average Bonchev–Trinajstić information content (AvgIpc) is 2.70. The first-order chi connectivity index (χ1) is 13.1. The van der Waals surface area contributed by atoms with Crippen LogP contribution in [0.15, 0.2) is 36.4 Å². The second kappa shape index (κ2) is 8.85. The Labute approximate surface area is 157 Å². The largest absolute Gasteiger partial charge is 0.497 e. The summed E-state index contributed by atoms with van der Waals surface area (Å²) in [7, 11) is 3.00. The number of hydrogen-bond donors (Lipinski definition) is 1. The van der Waals surface area contributed by atoms with E-state index in [-0.39, 0.29) is 17.7 Å². The second-order valence-electron chi connectivity index (χ2n) is 6.10. The fourth-order valence-electron chi connectivity index (χ4n) is 3.22. The van der Waals surface area contributed by atoms with Crippen molar-refractivity contribution in [2.45, 2.75) is 25.5 Å². The molecule has 0 atom stereocenters. The number of halogens is 2. The lowest BCUT2D eigenvalue weighted by atomic mass is 10.0. The second-order valence-corrected chi connectivity index (χ2v) is 6.10. The summed E-state index contributed by atoms with van der Waals surface area (Å²) in [4.78, 5) is 6.54. The predicted octanol–water partition coefficient (Wildman–Crippen LogP) is 3.59. The molecule has 0 saturated carbocycles. The Bertz CT molecular complexity index is 737. The molecule has 6 nitrogen and oxygen atoms in total. The summed E-state index contributed by atoms with van der Waals surface area (Å²) in [5, 5.41) is 3.35. The first-order valence-corrected chi connectivity index (χ1v) is 8.76. The summed E-state index contributed by atoms with van der Waals surface area (Å²) < 4.78 is 40.1. The normalized spacial score (nSPS) is 14.9. The van der Waals surface area contributed by atoms with Crippen LogP contribution in [0.5, 0.6) is 17.4 Å². The van der Waals surface area contributed by atoms with Crippen molar-refractivity contribution in [3.63, 3.8) is 0 Å². The molecule has 27 heavy (non-hydrogen) atoms. The number of methoxy groups -OCH3 is 2. The van der Waals surface area contributed by atoms with E-state index in [1.807, 2.05) is 24.3 Å². The number of alkyl halides is 2. The third-order valence-corrected chi connectivity index (χ3v) is 4.49. The van der Waals surface area contributed by atoms with Crippen LogP contribution < -0.4 is 24.4 Å². The van der Waals surface area contributed by atoms with E-state index < -0.39 is 6.61 Å². The van der Waals surface area contributed by atoms with Crippen LogP contribution in [-0.2, 0) is 0 Å². The van der Waals surface area contributed by atoms with Gasteiger partial charge in [0.05, 0.1) is 14.2 Å². The van der Waals surface area contributed by atoms with E-state index in [2.05, 4.69) is 19.9 Å². The SMILES string of the molecule is COc1ccc(N(c2ccc(OC(F)F)c(OC)n2)C2CCNCC2)cc1. The number of nitrogens with one attached hydrogen (secondary N) is 1. The molecule has 0 amide bonds. The van der Waals surface area contributed by atoms with Crippen molar-refractivity contribution in [3.05, 3.63) is 36.4 Å². The predicted molar refractivity (Wildman–Crippen MR) is 98.4 cm³/mol. The highest BCUT2D eigenvalue weighted by Gasteiger charge is 2.25. The van der Waals surface area contributed by atoms with Crippen molar-refractivity contribution in [1.29, 1.82) is 0 Å². The summed E-state index contributed by atoms with van der Waals surface area (Å²) in [6, 6.07) is 11.0. The first-order valence-electron chi connectivity index (χ1n) is 8.76. The Balaban J connectivity index is 1.98. The number of benzene rings is 1. The van der Waals surface area contributed by atoms with Gasteiger partial charge in [-0.15, -0.1) is 0 Å². The number of anilines is 2. The number of rotatable bonds is 7. The van der Waals surface area contributed by atoms with Crippen LogP contribution >= 0.6 is 0 Å². The molecule has 0 unspecified atom stereocenters. The fraction of sp³-hybridized carbons (Fsp3) is 0.421. The molecule has 2 heterocycles. The van der Waals surface area contributed by atoms with Crippen LogP contribution in [-0.4, -0.2) is 44.9 Å². The summed E-state index contributed by atoms with van der Waals surface area (Å²) in [6.45, 7) is -1.13. The van der Waals surface area contributed by atoms with Gasteiger partial charge >= 0.3 is 6.61 Å². The van der Waals surface area contributed by atoms with Crippen LogP contribution in [0.3, 0.4) is 0 Å². The smallest absolute Gasteiger partial charge is 0.387 e. The Morgan fingerprint density at radius 2 is 1.74 bits per heavy atom. The molecular weight excluding hydrogens is 356 g/mol. The summed E-state index contributed by atoms with van der Waals surface area (Å²) in [5.41, 5.74) is 0.944. The van der Waals surface area contributed by atoms with Crippen molar-refractivity contribution in [2.24, 2.45) is 0 Å². The molecule has 0 aliphatic carbocycles. The van der Waals surface area contributed by atoms with Gasteiger partial charge in [0.2, 0.25) is 0 Å². The van der Waals surface area contributed by atoms with Crippen LogP contribution in [0.25, 0.3) is 0 Å². The average molecular weight is 379 g/mol. The van der Waals surface area contributed by atoms with Gasteiger partial charge in [0, 0.05) is 11.7 Å². The Morgan fingerprint density at radius 1 is 1.04 bits per heavy atom. The van der Waals surface area contributed by atoms with E-state index in [4.69, 9.17) is 9.47 Å². The molecule has 0 radical (unpaired) electrons. The van der Waals surface area contributed by atoms with Crippen LogP contribution in [0.4, 0.5) is 20.3 Å². The lowest BCUT2D eigenvalue weighted by molar-refractivity contribution is -0.0515. The van der Waals surface area contributed by atoms with Gasteiger partial charge in [-0.05, 0) is 62.3 Å². The van der Waals surface area contributed by atoms with Gasteiger partial charge in [0.25, 0.3) is 5.88 Å². The molecule has 146 valence electrons. The van der Waals surface area contributed by atoms with E-state index >= 15 is 0 Å². The third kappa shape index (κ3) is 4.57. The molecule has 0 bridgehead atoms. The molecule has 8 heteroatoms. The van der Waals surface area contributed by atoms with Gasteiger partial charge in [-0.25, -0.2) is 0 Å². The zero-order valence-corrected chi connectivity index (χ0v) is 15.3. The maximum Gasteiger partial charge on any atom is 0.387 e. The molecule has 2 aromatic rings. The van der Waals surface area contributed by atoms with Crippen LogP contribution in [0.1, 0.15) is 12.8 Å². The minimum atomic E-state index is -2.94. The number of nitrogens with zero attached hydrogens (tertiary/aromatic N) is 2. The fourth-order valence-corrected chi connectivity index (χ4v) is 3.22. The van der Waals surface area contributed by atoms with Crippen molar-refractivity contribution in [3.8, 4) is 17.4 Å². The summed E-state index contributed by atoms with van der Waals surface area (Å²) >= 11 is 0. The van der Waals surface area contributed by atoms with Gasteiger partial charge in [-0.2, -0.15) is 13.8 Å². The molecule has 1 aromatic carbocycles. The third-order valence-electron chi connectivity index (χ3n) is 4.49. The number of piperidine rings is 1. The Kier molecular flexibility index (Phi) is 6.28. The van der Waals surface area contributed by atoms with E-state index in [0.29, 0.717) is 5.82 Å². The number of aromatic nitrogens is 1.